The number of nitrogens with one attached hydrogen (secondary N) is 1. The second kappa shape index (κ2) is 5.08. The van der Waals surface area contributed by atoms with Crippen molar-refractivity contribution in [3.05, 3.63) is 34.2 Å². The van der Waals surface area contributed by atoms with Crippen LogP contribution >= 0.6 is 15.9 Å². The predicted molar refractivity (Wildman–Crippen MR) is 80.2 cm³/mol. The second-order valence-corrected chi connectivity index (χ2v) is 6.03. The Hall–Kier alpha value is -1.16. The molecule has 3 rings (SSSR count). The van der Waals surface area contributed by atoms with Crippen LogP contribution in [0.2, 0.25) is 0 Å². The molecule has 0 atom stereocenters. The van der Waals surface area contributed by atoms with Crippen molar-refractivity contribution in [2.24, 2.45) is 0 Å². The lowest BCUT2D eigenvalue weighted by atomic mass is 10.0. The molecule has 2 aromatic rings. The summed E-state index contributed by atoms with van der Waals surface area (Å²) in [6, 6.07) is 5.47. The van der Waals surface area contributed by atoms with E-state index in [0.717, 1.165) is 21.2 Å². The first-order chi connectivity index (χ1) is 9.19. The first kappa shape index (κ1) is 12.9. The molecule has 1 fully saturated rings. The van der Waals surface area contributed by atoms with Crippen LogP contribution in [0.5, 0.6) is 0 Å². The second-order valence-electron chi connectivity index (χ2n) is 5.11. The van der Waals surface area contributed by atoms with Crippen molar-refractivity contribution in [2.45, 2.75) is 31.6 Å². The molecule has 1 N–H and O–H groups in total. The summed E-state index contributed by atoms with van der Waals surface area (Å²) < 4.78 is 14.9. The van der Waals surface area contributed by atoms with E-state index < -0.39 is 0 Å². The number of benzene rings is 1. The van der Waals surface area contributed by atoms with Crippen LogP contribution in [0, 0.1) is 5.82 Å². The summed E-state index contributed by atoms with van der Waals surface area (Å²) in [5.74, 6) is 0.222. The number of hydrogen-bond acceptors (Lipinski definition) is 2. The highest BCUT2D eigenvalue weighted by molar-refractivity contribution is 9.10. The molecule has 100 valence electrons. The lowest BCUT2D eigenvalue weighted by molar-refractivity contribution is 0.633. The van der Waals surface area contributed by atoms with Gasteiger partial charge in [0.25, 0.3) is 0 Å². The maximum absolute atomic E-state index is 14.1. The molecule has 0 saturated heterocycles. The summed E-state index contributed by atoms with van der Waals surface area (Å²) in [5, 5.41) is 3.99. The molecule has 1 aliphatic carbocycles. The Bertz CT molecular complexity index is 621. The Morgan fingerprint density at radius 1 is 1.26 bits per heavy atom. The Morgan fingerprint density at radius 2 is 2.00 bits per heavy atom. The smallest absolute Gasteiger partial charge is 0.150 e. The largest absolute Gasteiger partial charge is 0.388 e. The first-order valence-electron chi connectivity index (χ1n) is 6.66. The minimum absolute atomic E-state index is 0.263. The zero-order valence-electron chi connectivity index (χ0n) is 10.8. The van der Waals surface area contributed by atoms with E-state index in [-0.39, 0.29) is 5.82 Å². The van der Waals surface area contributed by atoms with Crippen LogP contribution in [-0.4, -0.2) is 12.0 Å². The van der Waals surface area contributed by atoms with E-state index in [2.05, 4.69) is 32.3 Å². The van der Waals surface area contributed by atoms with Crippen molar-refractivity contribution in [2.75, 3.05) is 12.4 Å². The minimum atomic E-state index is -0.263. The van der Waals surface area contributed by atoms with Gasteiger partial charge in [0, 0.05) is 34.2 Å². The van der Waals surface area contributed by atoms with Crippen molar-refractivity contribution in [1.29, 1.82) is 0 Å². The Balaban J connectivity index is 2.21. The number of hydrogen-bond donors (Lipinski definition) is 1. The van der Waals surface area contributed by atoms with E-state index in [4.69, 9.17) is 0 Å². The van der Waals surface area contributed by atoms with Gasteiger partial charge in [-0.05, 0) is 31.0 Å². The Labute approximate surface area is 120 Å². The molecule has 1 aromatic heterocycles. The summed E-state index contributed by atoms with van der Waals surface area (Å²) in [7, 11) is 1.87. The SMILES string of the molecule is CNc1cc(C2CCCC2)nc2c(F)cc(Br)cc12. The summed E-state index contributed by atoms with van der Waals surface area (Å²) in [4.78, 5) is 4.57. The number of aromatic nitrogens is 1. The average molecular weight is 323 g/mol. The monoisotopic (exact) mass is 322 g/mol. The number of nitrogens with zero attached hydrogens (tertiary/aromatic N) is 1. The Morgan fingerprint density at radius 3 is 2.68 bits per heavy atom. The summed E-state index contributed by atoms with van der Waals surface area (Å²) in [6.45, 7) is 0. The quantitative estimate of drug-likeness (QED) is 0.856. The molecule has 1 saturated carbocycles. The third-order valence-electron chi connectivity index (χ3n) is 3.89. The normalized spacial score (nSPS) is 16.2. The molecule has 0 unspecified atom stereocenters. The third kappa shape index (κ3) is 2.34. The molecule has 0 bridgehead atoms. The first-order valence-corrected chi connectivity index (χ1v) is 7.46. The van der Waals surface area contributed by atoms with Gasteiger partial charge in [-0.2, -0.15) is 0 Å². The number of anilines is 1. The van der Waals surface area contributed by atoms with Gasteiger partial charge < -0.3 is 5.32 Å². The van der Waals surface area contributed by atoms with Gasteiger partial charge in [-0.1, -0.05) is 28.8 Å². The fourth-order valence-electron chi connectivity index (χ4n) is 2.91. The number of pyridine rings is 1. The van der Waals surface area contributed by atoms with Crippen molar-refractivity contribution in [1.82, 2.24) is 4.98 Å². The van der Waals surface area contributed by atoms with E-state index in [1.54, 1.807) is 0 Å². The highest BCUT2D eigenvalue weighted by Gasteiger charge is 2.20. The fraction of sp³-hybridized carbons (Fsp3) is 0.400. The van der Waals surface area contributed by atoms with Gasteiger partial charge in [-0.15, -0.1) is 0 Å². The molecule has 0 radical (unpaired) electrons. The van der Waals surface area contributed by atoms with E-state index in [9.17, 15) is 4.39 Å². The molecule has 19 heavy (non-hydrogen) atoms. The Kier molecular flexibility index (Phi) is 3.44. The van der Waals surface area contributed by atoms with Crippen LogP contribution < -0.4 is 5.32 Å². The molecule has 0 aliphatic heterocycles. The molecular weight excluding hydrogens is 307 g/mol. The minimum Gasteiger partial charge on any atom is -0.388 e. The van der Waals surface area contributed by atoms with E-state index in [1.165, 1.54) is 31.7 Å². The maximum Gasteiger partial charge on any atom is 0.150 e. The third-order valence-corrected chi connectivity index (χ3v) is 4.35. The lowest BCUT2D eigenvalue weighted by Crippen LogP contribution is -2.01. The van der Waals surface area contributed by atoms with Crippen LogP contribution in [0.15, 0.2) is 22.7 Å². The highest BCUT2D eigenvalue weighted by atomic mass is 79.9. The molecule has 1 aromatic carbocycles. The van der Waals surface area contributed by atoms with Gasteiger partial charge in [0.05, 0.1) is 0 Å². The van der Waals surface area contributed by atoms with Gasteiger partial charge in [-0.25, -0.2) is 9.37 Å². The maximum atomic E-state index is 14.1. The van der Waals surface area contributed by atoms with E-state index in [1.807, 2.05) is 13.1 Å². The molecule has 2 nitrogen and oxygen atoms in total. The van der Waals surface area contributed by atoms with Crippen LogP contribution in [0.25, 0.3) is 10.9 Å². The van der Waals surface area contributed by atoms with Gasteiger partial charge in [0.1, 0.15) is 5.52 Å². The van der Waals surface area contributed by atoms with Crippen LogP contribution in [0.3, 0.4) is 0 Å². The van der Waals surface area contributed by atoms with Crippen LogP contribution in [-0.2, 0) is 0 Å². The topological polar surface area (TPSA) is 24.9 Å². The van der Waals surface area contributed by atoms with Crippen molar-refractivity contribution >= 4 is 32.5 Å². The van der Waals surface area contributed by atoms with Crippen molar-refractivity contribution in [3.63, 3.8) is 0 Å². The summed E-state index contributed by atoms with van der Waals surface area (Å²) in [5.41, 5.74) is 2.44. The standard InChI is InChI=1S/C15H16BrFN2/c1-18-14-8-13(9-4-2-3-5-9)19-15-11(14)6-10(16)7-12(15)17/h6-9H,2-5H2,1H3,(H,18,19). The molecule has 0 amide bonds. The summed E-state index contributed by atoms with van der Waals surface area (Å²) >= 11 is 3.34. The summed E-state index contributed by atoms with van der Waals surface area (Å²) in [6.07, 6.45) is 4.84. The van der Waals surface area contributed by atoms with Crippen molar-refractivity contribution < 1.29 is 4.39 Å². The molecule has 4 heteroatoms. The molecule has 1 heterocycles. The highest BCUT2D eigenvalue weighted by Crippen LogP contribution is 2.37. The zero-order valence-corrected chi connectivity index (χ0v) is 12.4. The molecular formula is C15H16BrFN2. The predicted octanol–water partition coefficient (Wildman–Crippen LogP) is 4.84. The van der Waals surface area contributed by atoms with E-state index >= 15 is 0 Å². The van der Waals surface area contributed by atoms with Gasteiger partial charge in [0.15, 0.2) is 5.82 Å². The lowest BCUT2D eigenvalue weighted by Gasteiger charge is -2.14. The molecule has 1 aliphatic rings. The van der Waals surface area contributed by atoms with Crippen LogP contribution in [0.1, 0.15) is 37.3 Å². The van der Waals surface area contributed by atoms with Gasteiger partial charge in [0.2, 0.25) is 0 Å². The number of fused-ring (bicyclic) bond motifs is 1. The fourth-order valence-corrected chi connectivity index (χ4v) is 3.34. The van der Waals surface area contributed by atoms with Gasteiger partial charge in [-0.3, -0.25) is 0 Å². The van der Waals surface area contributed by atoms with E-state index in [0.29, 0.717) is 11.4 Å². The number of halogens is 2. The zero-order chi connectivity index (χ0) is 13.4. The van der Waals surface area contributed by atoms with Crippen molar-refractivity contribution in [3.8, 4) is 0 Å². The van der Waals surface area contributed by atoms with Gasteiger partial charge >= 0.3 is 0 Å². The van der Waals surface area contributed by atoms with Crippen LogP contribution in [0.4, 0.5) is 10.1 Å². The number of rotatable bonds is 2. The average Bonchev–Trinajstić information content (AvgIpc) is 2.91. The molecule has 0 spiro atoms.